The molecule has 1 fully saturated rings. The third-order valence-corrected chi connectivity index (χ3v) is 3.46. The van der Waals surface area contributed by atoms with Gasteiger partial charge in [0.1, 0.15) is 6.54 Å². The van der Waals surface area contributed by atoms with Crippen LogP contribution in [0, 0.1) is 5.92 Å². The molecule has 1 saturated carbocycles. The first-order chi connectivity index (χ1) is 9.70. The van der Waals surface area contributed by atoms with Gasteiger partial charge in [0.05, 0.1) is 6.33 Å². The normalized spacial score (nSPS) is 16.6. The molecule has 1 atom stereocenters. The highest BCUT2D eigenvalue weighted by Crippen LogP contribution is 2.36. The van der Waals surface area contributed by atoms with Gasteiger partial charge >= 0.3 is 12.1 Å². The van der Waals surface area contributed by atoms with Gasteiger partial charge in [-0.25, -0.2) is 9.78 Å². The lowest BCUT2D eigenvalue weighted by molar-refractivity contribution is -0.144. The summed E-state index contributed by atoms with van der Waals surface area (Å²) < 4.78 is 38.0. The summed E-state index contributed by atoms with van der Waals surface area (Å²) in [6, 6.07) is -0.613. The Morgan fingerprint density at radius 2 is 2.14 bits per heavy atom. The number of amides is 1. The van der Waals surface area contributed by atoms with Crippen LogP contribution in [0.1, 0.15) is 40.7 Å². The van der Waals surface area contributed by atoms with Crippen LogP contribution in [0.15, 0.2) is 6.33 Å². The number of alkyl halides is 3. The first-order valence-corrected chi connectivity index (χ1v) is 6.35. The second-order valence-electron chi connectivity index (χ2n) is 5.06. The number of aromatic nitrogens is 2. The van der Waals surface area contributed by atoms with Crippen LogP contribution in [-0.2, 0) is 0 Å². The van der Waals surface area contributed by atoms with Crippen molar-refractivity contribution in [1.82, 2.24) is 14.9 Å². The van der Waals surface area contributed by atoms with Crippen LogP contribution in [0.4, 0.5) is 13.2 Å². The number of carbonyl (C=O) groups is 2. The van der Waals surface area contributed by atoms with Crippen LogP contribution in [0.2, 0.25) is 0 Å². The average Bonchev–Trinajstić information content (AvgIpc) is 3.09. The zero-order valence-electron chi connectivity index (χ0n) is 11.1. The fourth-order valence-electron chi connectivity index (χ4n) is 2.18. The Hall–Kier alpha value is -2.06. The minimum atomic E-state index is -4.56. The number of hydrogen-bond donors (Lipinski definition) is 2. The van der Waals surface area contributed by atoms with E-state index < -0.39 is 42.0 Å². The molecule has 1 amide bonds. The molecule has 0 saturated heterocycles. The molecule has 0 bridgehead atoms. The van der Waals surface area contributed by atoms with Crippen LogP contribution in [0.5, 0.6) is 0 Å². The van der Waals surface area contributed by atoms with Gasteiger partial charge in [-0.3, -0.25) is 4.79 Å². The Balaban J connectivity index is 2.28. The van der Waals surface area contributed by atoms with Gasteiger partial charge in [-0.05, 0) is 25.7 Å². The lowest BCUT2D eigenvalue weighted by Crippen LogP contribution is -2.46. The zero-order valence-corrected chi connectivity index (χ0v) is 11.1. The van der Waals surface area contributed by atoms with E-state index in [0.717, 1.165) is 19.2 Å². The van der Waals surface area contributed by atoms with Crippen LogP contribution >= 0.6 is 0 Å². The summed E-state index contributed by atoms with van der Waals surface area (Å²) in [5.41, 5.74) is -1.01. The molecule has 2 rings (SSSR count). The van der Waals surface area contributed by atoms with Crippen molar-refractivity contribution in [3.63, 3.8) is 0 Å². The molecule has 1 heterocycles. The van der Waals surface area contributed by atoms with E-state index in [-0.39, 0.29) is 5.92 Å². The van der Waals surface area contributed by atoms with E-state index in [9.17, 15) is 22.8 Å². The van der Waals surface area contributed by atoms with E-state index in [1.54, 1.807) is 0 Å². The third-order valence-electron chi connectivity index (χ3n) is 3.46. The molecule has 0 spiro atoms. The second-order valence-corrected chi connectivity index (χ2v) is 5.06. The second kappa shape index (κ2) is 5.38. The van der Waals surface area contributed by atoms with Crippen molar-refractivity contribution in [2.45, 2.75) is 32.0 Å². The highest BCUT2D eigenvalue weighted by molar-refractivity contribution is 6.02. The summed E-state index contributed by atoms with van der Waals surface area (Å²) in [7, 11) is 0. The predicted molar refractivity (Wildman–Crippen MR) is 64.8 cm³/mol. The maximum Gasteiger partial charge on any atom is 0.406 e. The van der Waals surface area contributed by atoms with Gasteiger partial charge in [0, 0.05) is 6.04 Å². The molecule has 6 nitrogen and oxygen atoms in total. The Labute approximate surface area is 118 Å². The molecule has 116 valence electrons. The van der Waals surface area contributed by atoms with Crippen molar-refractivity contribution in [3.8, 4) is 0 Å². The van der Waals surface area contributed by atoms with Crippen LogP contribution in [0.3, 0.4) is 0 Å². The van der Waals surface area contributed by atoms with Gasteiger partial charge < -0.3 is 15.0 Å². The molecule has 21 heavy (non-hydrogen) atoms. The monoisotopic (exact) mass is 305 g/mol. The highest BCUT2D eigenvalue weighted by Gasteiger charge is 2.42. The van der Waals surface area contributed by atoms with Crippen molar-refractivity contribution >= 4 is 11.9 Å². The predicted octanol–water partition coefficient (Wildman–Crippen LogP) is 1.91. The number of nitrogens with one attached hydrogen (secondary N) is 1. The molecule has 9 heteroatoms. The number of carbonyl (C=O) groups excluding carboxylic acids is 1. The molecule has 0 radical (unpaired) electrons. The van der Waals surface area contributed by atoms with Gasteiger partial charge in [-0.15, -0.1) is 0 Å². The highest BCUT2D eigenvalue weighted by atomic mass is 19.4. The number of hydrogen-bond acceptors (Lipinski definition) is 3. The van der Waals surface area contributed by atoms with Crippen LogP contribution in [0.25, 0.3) is 0 Å². The number of aromatic carboxylic acids is 1. The Bertz CT molecular complexity index is 551. The van der Waals surface area contributed by atoms with Gasteiger partial charge in [0.2, 0.25) is 0 Å². The number of carboxylic acids is 1. The van der Waals surface area contributed by atoms with Crippen LogP contribution in [-0.4, -0.2) is 50.6 Å². The summed E-state index contributed by atoms with van der Waals surface area (Å²) in [5.74, 6) is -2.45. The lowest BCUT2D eigenvalue weighted by Gasteiger charge is -2.29. The van der Waals surface area contributed by atoms with Gasteiger partial charge in [-0.2, -0.15) is 13.2 Å². The standard InChI is InChI=1S/C12H14F3N3O3/c1-6(7-2-3-7)18(4-12(13,14)15)10(19)8-9(11(20)21)17-5-16-8/h5-7H,2-4H2,1H3,(H,16,17)(H,20,21). The summed E-state index contributed by atoms with van der Waals surface area (Å²) >= 11 is 0. The first-order valence-electron chi connectivity index (χ1n) is 6.35. The van der Waals surface area contributed by atoms with Gasteiger partial charge in [0.25, 0.3) is 5.91 Å². The zero-order chi connectivity index (χ0) is 15.8. The molecule has 0 aliphatic heterocycles. The minimum Gasteiger partial charge on any atom is -0.477 e. The van der Waals surface area contributed by atoms with E-state index in [4.69, 9.17) is 5.11 Å². The van der Waals surface area contributed by atoms with Gasteiger partial charge in [0.15, 0.2) is 11.4 Å². The number of H-pyrrole nitrogens is 1. The lowest BCUT2D eigenvalue weighted by atomic mass is 10.1. The molecule has 1 aromatic rings. The molecular formula is C12H14F3N3O3. The molecule has 1 aliphatic carbocycles. The number of rotatable bonds is 5. The van der Waals surface area contributed by atoms with E-state index in [2.05, 4.69) is 9.97 Å². The number of aromatic amines is 1. The topological polar surface area (TPSA) is 86.3 Å². The molecule has 0 aromatic carbocycles. The quantitative estimate of drug-likeness (QED) is 0.870. The molecule has 2 N–H and O–H groups in total. The van der Waals surface area contributed by atoms with Gasteiger partial charge in [-0.1, -0.05) is 0 Å². The van der Waals surface area contributed by atoms with Crippen molar-refractivity contribution in [3.05, 3.63) is 17.7 Å². The summed E-state index contributed by atoms with van der Waals surface area (Å²) in [4.78, 5) is 29.7. The number of halogens is 3. The minimum absolute atomic E-state index is 0.0171. The largest absolute Gasteiger partial charge is 0.477 e. The van der Waals surface area contributed by atoms with Crippen molar-refractivity contribution in [2.75, 3.05) is 6.54 Å². The van der Waals surface area contributed by atoms with Crippen molar-refractivity contribution < 1.29 is 27.9 Å². The van der Waals surface area contributed by atoms with E-state index in [1.165, 1.54) is 6.92 Å². The molecule has 1 aromatic heterocycles. The Morgan fingerprint density at radius 3 is 2.62 bits per heavy atom. The van der Waals surface area contributed by atoms with Crippen LogP contribution < -0.4 is 0 Å². The number of imidazole rings is 1. The number of carboxylic acid groups (broad SMARTS) is 1. The summed E-state index contributed by atoms with van der Waals surface area (Å²) in [6.07, 6.45) is -2.06. The maximum absolute atomic E-state index is 12.7. The van der Waals surface area contributed by atoms with Crippen molar-refractivity contribution in [1.29, 1.82) is 0 Å². The van der Waals surface area contributed by atoms with E-state index in [1.807, 2.05) is 0 Å². The Morgan fingerprint density at radius 1 is 1.52 bits per heavy atom. The molecule has 1 aliphatic rings. The van der Waals surface area contributed by atoms with E-state index in [0.29, 0.717) is 4.90 Å². The third kappa shape index (κ3) is 3.53. The average molecular weight is 305 g/mol. The maximum atomic E-state index is 12.7. The summed E-state index contributed by atoms with van der Waals surface area (Å²) in [5, 5.41) is 8.91. The fraction of sp³-hybridized carbons (Fsp3) is 0.583. The van der Waals surface area contributed by atoms with E-state index >= 15 is 0 Å². The summed E-state index contributed by atoms with van der Waals surface area (Å²) in [6.45, 7) is 0.115. The molecular weight excluding hydrogens is 291 g/mol. The fourth-order valence-corrected chi connectivity index (χ4v) is 2.18. The molecule has 1 unspecified atom stereocenters. The number of nitrogens with zero attached hydrogens (tertiary/aromatic N) is 2. The SMILES string of the molecule is CC(C1CC1)N(CC(F)(F)F)C(=O)c1nc[nH]c1C(=O)O. The Kier molecular flexibility index (Phi) is 3.93. The first kappa shape index (κ1) is 15.3. The van der Waals surface area contributed by atoms with Crippen molar-refractivity contribution in [2.24, 2.45) is 5.92 Å². The smallest absolute Gasteiger partial charge is 0.406 e.